The van der Waals surface area contributed by atoms with Crippen molar-refractivity contribution in [2.75, 3.05) is 20.0 Å². The molecule has 1 N–H and O–H groups in total. The van der Waals surface area contributed by atoms with Crippen LogP contribution >= 0.6 is 0 Å². The second-order valence-corrected chi connectivity index (χ2v) is 7.25. The van der Waals surface area contributed by atoms with Crippen LogP contribution in [0.5, 0.6) is 28.7 Å². The van der Waals surface area contributed by atoms with Crippen LogP contribution in [-0.4, -0.2) is 38.1 Å². The summed E-state index contributed by atoms with van der Waals surface area (Å²) in [7, 11) is 0. The highest BCUT2D eigenvalue weighted by Gasteiger charge is 2.16. The first kappa shape index (κ1) is 23.6. The van der Waals surface area contributed by atoms with Gasteiger partial charge in [0.2, 0.25) is 6.79 Å². The number of hydrogen-bond donors (Lipinski definition) is 1. The lowest BCUT2D eigenvalue weighted by atomic mass is 10.2. The van der Waals surface area contributed by atoms with E-state index in [0.717, 1.165) is 0 Å². The average Bonchev–Trinajstić information content (AvgIpc) is 3.34. The van der Waals surface area contributed by atoms with Crippen molar-refractivity contribution in [1.82, 2.24) is 5.43 Å². The maximum Gasteiger partial charge on any atom is 0.343 e. The summed E-state index contributed by atoms with van der Waals surface area (Å²) >= 11 is 0. The summed E-state index contributed by atoms with van der Waals surface area (Å²) in [5, 5.41) is 4.00. The van der Waals surface area contributed by atoms with Crippen molar-refractivity contribution in [1.29, 1.82) is 0 Å². The third-order valence-electron chi connectivity index (χ3n) is 4.89. The van der Waals surface area contributed by atoms with E-state index in [2.05, 4.69) is 10.5 Å². The zero-order chi connectivity index (χ0) is 24.6. The number of carbonyl (C=O) groups excluding carboxylic acids is 2. The minimum Gasteiger partial charge on any atom is -0.494 e. The molecule has 1 aliphatic rings. The Balaban J connectivity index is 1.41. The minimum atomic E-state index is -0.522. The van der Waals surface area contributed by atoms with Gasteiger partial charge in [-0.2, -0.15) is 5.10 Å². The van der Waals surface area contributed by atoms with E-state index in [-0.39, 0.29) is 12.5 Å². The molecule has 0 atom stereocenters. The lowest BCUT2D eigenvalue weighted by molar-refractivity contribution is 0.0728. The summed E-state index contributed by atoms with van der Waals surface area (Å²) in [4.78, 5) is 24.9. The van der Waals surface area contributed by atoms with Gasteiger partial charge < -0.3 is 23.7 Å². The van der Waals surface area contributed by atoms with Crippen LogP contribution in [0.2, 0.25) is 0 Å². The smallest absolute Gasteiger partial charge is 0.343 e. The third-order valence-corrected chi connectivity index (χ3v) is 4.89. The summed E-state index contributed by atoms with van der Waals surface area (Å²) in [5.74, 6) is 1.51. The van der Waals surface area contributed by atoms with Gasteiger partial charge in [0.15, 0.2) is 23.0 Å². The lowest BCUT2D eigenvalue weighted by Crippen LogP contribution is -2.17. The molecule has 35 heavy (non-hydrogen) atoms. The first-order valence-electron chi connectivity index (χ1n) is 11.0. The topological polar surface area (TPSA) is 105 Å². The van der Waals surface area contributed by atoms with Gasteiger partial charge in [-0.25, -0.2) is 10.2 Å². The Hall–Kier alpha value is -4.53. The molecule has 3 aromatic carbocycles. The molecule has 4 rings (SSSR count). The highest BCUT2D eigenvalue weighted by molar-refractivity contribution is 5.95. The zero-order valence-corrected chi connectivity index (χ0v) is 19.3. The molecule has 1 amide bonds. The SMILES string of the molecule is CCOc1ccc(C(=O)Oc2ccc(C=NNC(=O)c3ccc4c(c3)OCO4)cc2OCC)cc1. The van der Waals surface area contributed by atoms with Crippen LogP contribution in [0.1, 0.15) is 40.1 Å². The Kier molecular flexibility index (Phi) is 7.47. The minimum absolute atomic E-state index is 0.131. The zero-order valence-electron chi connectivity index (χ0n) is 19.3. The molecule has 0 aliphatic carbocycles. The average molecular weight is 476 g/mol. The molecule has 0 saturated carbocycles. The molecule has 0 radical (unpaired) electrons. The molecular formula is C26H24N2O7. The highest BCUT2D eigenvalue weighted by atomic mass is 16.7. The molecule has 0 aromatic heterocycles. The van der Waals surface area contributed by atoms with Gasteiger partial charge >= 0.3 is 5.97 Å². The normalized spacial score (nSPS) is 11.8. The number of esters is 1. The fourth-order valence-corrected chi connectivity index (χ4v) is 3.24. The quantitative estimate of drug-likeness (QED) is 0.214. The van der Waals surface area contributed by atoms with E-state index in [0.29, 0.717) is 52.9 Å². The van der Waals surface area contributed by atoms with Gasteiger partial charge in [-0.15, -0.1) is 0 Å². The van der Waals surface area contributed by atoms with E-state index in [4.69, 9.17) is 23.7 Å². The molecule has 3 aromatic rings. The van der Waals surface area contributed by atoms with E-state index in [1.54, 1.807) is 60.7 Å². The number of benzene rings is 3. The van der Waals surface area contributed by atoms with Crippen LogP contribution < -0.4 is 29.1 Å². The van der Waals surface area contributed by atoms with E-state index >= 15 is 0 Å². The van der Waals surface area contributed by atoms with Gasteiger partial charge in [-0.1, -0.05) is 0 Å². The Bertz CT molecular complexity index is 1240. The number of nitrogens with zero attached hydrogens (tertiary/aromatic N) is 1. The number of carbonyl (C=O) groups is 2. The Morgan fingerprint density at radius 2 is 1.63 bits per heavy atom. The van der Waals surface area contributed by atoms with E-state index in [1.807, 2.05) is 13.8 Å². The Morgan fingerprint density at radius 3 is 2.40 bits per heavy atom. The molecule has 0 saturated heterocycles. The van der Waals surface area contributed by atoms with Crippen molar-refractivity contribution in [3.63, 3.8) is 0 Å². The maximum atomic E-state index is 12.6. The van der Waals surface area contributed by atoms with Crippen molar-refractivity contribution in [3.05, 3.63) is 77.4 Å². The Morgan fingerprint density at radius 1 is 0.886 bits per heavy atom. The number of amides is 1. The van der Waals surface area contributed by atoms with Crippen molar-refractivity contribution in [2.45, 2.75) is 13.8 Å². The van der Waals surface area contributed by atoms with Crippen LogP contribution in [0.25, 0.3) is 0 Å². The number of rotatable bonds is 9. The van der Waals surface area contributed by atoms with Crippen molar-refractivity contribution < 1.29 is 33.3 Å². The number of nitrogens with one attached hydrogen (secondary N) is 1. The van der Waals surface area contributed by atoms with Crippen molar-refractivity contribution >= 4 is 18.1 Å². The third kappa shape index (κ3) is 5.89. The first-order chi connectivity index (χ1) is 17.1. The molecular weight excluding hydrogens is 452 g/mol. The highest BCUT2D eigenvalue weighted by Crippen LogP contribution is 2.32. The molecule has 9 heteroatoms. The van der Waals surface area contributed by atoms with Crippen LogP contribution in [0.15, 0.2) is 65.8 Å². The predicted octanol–water partition coefficient (Wildman–Crippen LogP) is 4.20. The van der Waals surface area contributed by atoms with Crippen molar-refractivity contribution in [2.24, 2.45) is 5.10 Å². The van der Waals surface area contributed by atoms with E-state index in [9.17, 15) is 9.59 Å². The molecule has 0 bridgehead atoms. The Labute approximate surface area is 202 Å². The summed E-state index contributed by atoms with van der Waals surface area (Å²) in [6, 6.07) is 16.5. The first-order valence-corrected chi connectivity index (χ1v) is 11.0. The molecule has 0 spiro atoms. The summed E-state index contributed by atoms with van der Waals surface area (Å²) in [6.45, 7) is 4.75. The second-order valence-electron chi connectivity index (χ2n) is 7.25. The van der Waals surface area contributed by atoms with Gasteiger partial charge in [0.1, 0.15) is 5.75 Å². The summed E-state index contributed by atoms with van der Waals surface area (Å²) in [5.41, 5.74) is 3.88. The fraction of sp³-hybridized carbons (Fsp3) is 0.192. The number of fused-ring (bicyclic) bond motifs is 1. The molecule has 1 aliphatic heterocycles. The number of hydrogen-bond acceptors (Lipinski definition) is 8. The van der Waals surface area contributed by atoms with Crippen LogP contribution in [-0.2, 0) is 0 Å². The molecule has 1 heterocycles. The van der Waals surface area contributed by atoms with Gasteiger partial charge in [-0.05, 0) is 80.1 Å². The van der Waals surface area contributed by atoms with Gasteiger partial charge in [0.05, 0.1) is 25.0 Å². The second kappa shape index (κ2) is 11.1. The largest absolute Gasteiger partial charge is 0.494 e. The summed E-state index contributed by atoms with van der Waals surface area (Å²) in [6.07, 6.45) is 1.46. The number of hydrazone groups is 1. The van der Waals surface area contributed by atoms with E-state index in [1.165, 1.54) is 6.21 Å². The molecule has 0 fully saturated rings. The number of ether oxygens (including phenoxy) is 5. The fourth-order valence-electron chi connectivity index (χ4n) is 3.24. The predicted molar refractivity (Wildman–Crippen MR) is 128 cm³/mol. The molecule has 0 unspecified atom stereocenters. The van der Waals surface area contributed by atoms with Crippen LogP contribution in [0.4, 0.5) is 0 Å². The summed E-state index contributed by atoms with van der Waals surface area (Å²) < 4.78 is 27.1. The molecule has 180 valence electrons. The molecule has 9 nitrogen and oxygen atoms in total. The van der Waals surface area contributed by atoms with Gasteiger partial charge in [0, 0.05) is 5.56 Å². The lowest BCUT2D eigenvalue weighted by Gasteiger charge is -2.11. The van der Waals surface area contributed by atoms with E-state index < -0.39 is 11.9 Å². The van der Waals surface area contributed by atoms with Crippen LogP contribution in [0.3, 0.4) is 0 Å². The maximum absolute atomic E-state index is 12.6. The monoisotopic (exact) mass is 476 g/mol. The van der Waals surface area contributed by atoms with Crippen molar-refractivity contribution in [3.8, 4) is 28.7 Å². The van der Waals surface area contributed by atoms with Gasteiger partial charge in [0.25, 0.3) is 5.91 Å². The standard InChI is InChI=1S/C26H24N2O7/c1-3-31-20-9-6-18(7-10-20)26(30)35-22-11-5-17(13-23(22)32-4-2)15-27-28-25(29)19-8-12-21-24(14-19)34-16-33-21/h5-15H,3-4,16H2,1-2H3,(H,28,29). The van der Waals surface area contributed by atoms with Crippen LogP contribution in [0, 0.1) is 0 Å². The van der Waals surface area contributed by atoms with Gasteiger partial charge in [-0.3, -0.25) is 4.79 Å².